The average Bonchev–Trinajstić information content (AvgIpc) is 3.08. The van der Waals surface area contributed by atoms with Crippen molar-refractivity contribution in [2.24, 2.45) is 5.92 Å². The lowest BCUT2D eigenvalue weighted by Crippen LogP contribution is -2.45. The van der Waals surface area contributed by atoms with Crippen molar-refractivity contribution in [3.8, 4) is 23.0 Å². The highest BCUT2D eigenvalue weighted by Crippen LogP contribution is 2.41. The number of esters is 1. The molecule has 0 aliphatic carbocycles. The molecule has 4 N–H and O–H groups in total. The van der Waals surface area contributed by atoms with E-state index in [0.717, 1.165) is 11.6 Å². The van der Waals surface area contributed by atoms with Crippen molar-refractivity contribution < 1.29 is 39.5 Å². The molecule has 9 heteroatoms. The van der Waals surface area contributed by atoms with Crippen LogP contribution in [0.15, 0.2) is 29.8 Å². The molecular weight excluding hydrogens is 466 g/mol. The number of allylic oxidation sites excluding steroid dienone is 2. The normalized spacial score (nSPS) is 14.2. The summed E-state index contributed by atoms with van der Waals surface area (Å²) in [6, 6.07) is 2.56. The number of carboxylic acids is 1. The van der Waals surface area contributed by atoms with Crippen molar-refractivity contribution in [2.75, 3.05) is 0 Å². The van der Waals surface area contributed by atoms with Gasteiger partial charge >= 0.3 is 11.9 Å². The zero-order chi connectivity index (χ0) is 26.9. The molecule has 2 unspecified atom stereocenters. The minimum atomic E-state index is -1.14. The first-order chi connectivity index (χ1) is 16.9. The first-order valence-electron chi connectivity index (χ1n) is 11.7. The van der Waals surface area contributed by atoms with Crippen LogP contribution in [-0.2, 0) is 17.8 Å². The number of benzene rings is 2. The van der Waals surface area contributed by atoms with Gasteiger partial charge in [-0.25, -0.2) is 9.59 Å². The summed E-state index contributed by atoms with van der Waals surface area (Å²) in [7, 11) is 0. The van der Waals surface area contributed by atoms with Crippen LogP contribution in [0.3, 0.4) is 0 Å². The number of amides is 1. The van der Waals surface area contributed by atoms with E-state index in [0.29, 0.717) is 6.42 Å². The van der Waals surface area contributed by atoms with Gasteiger partial charge in [0, 0.05) is 17.2 Å². The Balaban J connectivity index is 2.10. The maximum atomic E-state index is 13.3. The zero-order valence-corrected chi connectivity index (χ0v) is 21.0. The Morgan fingerprint density at radius 1 is 1.17 bits per heavy atom. The van der Waals surface area contributed by atoms with Crippen molar-refractivity contribution in [2.45, 2.75) is 60.0 Å². The van der Waals surface area contributed by atoms with Gasteiger partial charge < -0.3 is 30.1 Å². The fraction of sp³-hybridized carbons (Fsp3) is 0.370. The summed E-state index contributed by atoms with van der Waals surface area (Å²) < 4.78 is 5.57. The fourth-order valence-electron chi connectivity index (χ4n) is 4.37. The number of carbonyl (C=O) groups is 3. The largest absolute Gasteiger partial charge is 0.508 e. The minimum Gasteiger partial charge on any atom is -0.508 e. The summed E-state index contributed by atoms with van der Waals surface area (Å²) in [6.45, 7) is 8.74. The minimum absolute atomic E-state index is 0.0532. The average molecular weight is 498 g/mol. The van der Waals surface area contributed by atoms with E-state index in [2.05, 4.69) is 0 Å². The number of phenolic OH excluding ortho intramolecular Hbond substituents is 3. The lowest BCUT2D eigenvalue weighted by molar-refractivity contribution is -0.144. The number of phenols is 3. The van der Waals surface area contributed by atoms with E-state index < -0.39 is 29.6 Å². The third-order valence-electron chi connectivity index (χ3n) is 6.48. The molecule has 0 bridgehead atoms. The summed E-state index contributed by atoms with van der Waals surface area (Å²) in [5.74, 6) is -4.01. The Bertz CT molecular complexity index is 1240. The van der Waals surface area contributed by atoms with Gasteiger partial charge in [0.15, 0.2) is 0 Å². The molecule has 1 amide bonds. The molecule has 2 atom stereocenters. The molecule has 0 saturated carbocycles. The molecule has 2 aromatic carbocycles. The molecule has 0 aromatic heterocycles. The first kappa shape index (κ1) is 26.6. The van der Waals surface area contributed by atoms with Gasteiger partial charge in [-0.3, -0.25) is 4.79 Å². The number of aliphatic carboxylic acids is 1. The number of carboxylic acid groups (broad SMARTS) is 1. The number of carbonyl (C=O) groups excluding carboxylic acids is 2. The van der Waals surface area contributed by atoms with Gasteiger partial charge in [0.25, 0.3) is 5.91 Å². The number of hydrogen-bond acceptors (Lipinski definition) is 7. The van der Waals surface area contributed by atoms with Crippen LogP contribution in [0.4, 0.5) is 0 Å². The van der Waals surface area contributed by atoms with Gasteiger partial charge in [0.05, 0.1) is 12.1 Å². The van der Waals surface area contributed by atoms with Crippen LogP contribution in [0.25, 0.3) is 0 Å². The smallest absolute Gasteiger partial charge is 0.347 e. The molecule has 3 rings (SSSR count). The number of rotatable bonds is 8. The van der Waals surface area contributed by atoms with E-state index >= 15 is 0 Å². The molecule has 1 aliphatic heterocycles. The molecule has 1 aliphatic rings. The highest BCUT2D eigenvalue weighted by Gasteiger charge is 2.41. The Kier molecular flexibility index (Phi) is 7.62. The van der Waals surface area contributed by atoms with E-state index in [9.17, 15) is 34.8 Å². The zero-order valence-electron chi connectivity index (χ0n) is 21.0. The Labute approximate surface area is 209 Å². The monoisotopic (exact) mass is 497 g/mol. The van der Waals surface area contributed by atoms with E-state index in [4.69, 9.17) is 4.74 Å². The van der Waals surface area contributed by atoms with E-state index in [-0.39, 0.29) is 63.9 Å². The molecule has 0 saturated heterocycles. The number of aryl methyl sites for hydroxylation is 1. The van der Waals surface area contributed by atoms with Crippen molar-refractivity contribution in [1.29, 1.82) is 0 Å². The second-order valence-corrected chi connectivity index (χ2v) is 9.36. The SMILES string of the molecule is CCC(C)C(C(=O)O)N1Cc2c(cc(OC(=O)c3c(C)cc(O)cc3O)c(CC=C(C)C)c2O)C1=O. The van der Waals surface area contributed by atoms with Crippen LogP contribution in [0.1, 0.15) is 71.5 Å². The number of ether oxygens (including phenoxy) is 1. The lowest BCUT2D eigenvalue weighted by Gasteiger charge is -2.28. The summed E-state index contributed by atoms with van der Waals surface area (Å²) in [4.78, 5) is 39.5. The highest BCUT2D eigenvalue weighted by atomic mass is 16.5. The van der Waals surface area contributed by atoms with Crippen LogP contribution in [0.2, 0.25) is 0 Å². The second-order valence-electron chi connectivity index (χ2n) is 9.36. The van der Waals surface area contributed by atoms with Crippen molar-refractivity contribution in [1.82, 2.24) is 4.90 Å². The molecule has 9 nitrogen and oxygen atoms in total. The molecule has 36 heavy (non-hydrogen) atoms. The summed E-state index contributed by atoms with van der Waals surface area (Å²) >= 11 is 0. The molecular formula is C27H31NO8. The van der Waals surface area contributed by atoms with Gasteiger partial charge in [0.2, 0.25) is 0 Å². The van der Waals surface area contributed by atoms with Gasteiger partial charge in [0.1, 0.15) is 34.6 Å². The van der Waals surface area contributed by atoms with E-state index in [1.807, 2.05) is 26.8 Å². The molecule has 0 fully saturated rings. The fourth-order valence-corrected chi connectivity index (χ4v) is 4.37. The van der Waals surface area contributed by atoms with Gasteiger partial charge in [-0.15, -0.1) is 0 Å². The molecule has 192 valence electrons. The first-order valence-corrected chi connectivity index (χ1v) is 11.7. The van der Waals surface area contributed by atoms with Crippen LogP contribution < -0.4 is 4.74 Å². The number of aromatic hydroxyl groups is 3. The Morgan fingerprint density at radius 3 is 2.39 bits per heavy atom. The Hall–Kier alpha value is -4.01. The highest BCUT2D eigenvalue weighted by molar-refractivity contribution is 6.02. The van der Waals surface area contributed by atoms with Crippen LogP contribution in [0.5, 0.6) is 23.0 Å². The van der Waals surface area contributed by atoms with Gasteiger partial charge in [-0.05, 0) is 50.8 Å². The number of fused-ring (bicyclic) bond motifs is 1. The van der Waals surface area contributed by atoms with Crippen LogP contribution in [-0.4, -0.2) is 49.2 Å². The maximum absolute atomic E-state index is 13.3. The molecule has 0 spiro atoms. The quantitative estimate of drug-likeness (QED) is 0.240. The van der Waals surface area contributed by atoms with Gasteiger partial charge in [-0.1, -0.05) is 31.9 Å². The van der Waals surface area contributed by atoms with Gasteiger partial charge in [-0.2, -0.15) is 0 Å². The van der Waals surface area contributed by atoms with Crippen LogP contribution >= 0.6 is 0 Å². The number of nitrogens with zero attached hydrogens (tertiary/aromatic N) is 1. The predicted molar refractivity (Wildman–Crippen MR) is 131 cm³/mol. The van der Waals surface area contributed by atoms with Crippen LogP contribution in [0, 0.1) is 12.8 Å². The molecule has 1 heterocycles. The third-order valence-corrected chi connectivity index (χ3v) is 6.48. The topological polar surface area (TPSA) is 145 Å². The second kappa shape index (κ2) is 10.3. The standard InChI is InChI=1S/C27H31NO8/c1-6-14(4)23(26(33)34)28-12-19-18(25(28)32)11-21(17(24(19)31)8-7-13(2)3)36-27(35)22-15(5)9-16(29)10-20(22)30/h7,9-11,14,23,29-31H,6,8,12H2,1-5H3,(H,33,34). The molecule has 2 aromatic rings. The predicted octanol–water partition coefficient (Wildman–Crippen LogP) is 4.29. The summed E-state index contributed by atoms with van der Waals surface area (Å²) in [5, 5.41) is 40.8. The van der Waals surface area contributed by atoms with E-state index in [1.54, 1.807) is 6.92 Å². The molecule has 0 radical (unpaired) electrons. The van der Waals surface area contributed by atoms with Crippen molar-refractivity contribution in [3.63, 3.8) is 0 Å². The maximum Gasteiger partial charge on any atom is 0.347 e. The number of hydrogen-bond donors (Lipinski definition) is 4. The van der Waals surface area contributed by atoms with E-state index in [1.165, 1.54) is 24.0 Å². The van der Waals surface area contributed by atoms with Crippen molar-refractivity contribution in [3.05, 3.63) is 57.7 Å². The van der Waals surface area contributed by atoms with Crippen molar-refractivity contribution >= 4 is 17.8 Å². The third kappa shape index (κ3) is 5.00. The Morgan fingerprint density at radius 2 is 1.83 bits per heavy atom. The summed E-state index contributed by atoms with van der Waals surface area (Å²) in [6.07, 6.45) is 2.54. The summed E-state index contributed by atoms with van der Waals surface area (Å²) in [5.41, 5.74) is 1.63. The lowest BCUT2D eigenvalue weighted by atomic mass is 9.98.